The number of halogens is 3. The summed E-state index contributed by atoms with van der Waals surface area (Å²) in [6, 6.07) is 0.957. The number of aromatic nitrogens is 1. The van der Waals surface area contributed by atoms with Crippen LogP contribution >= 0.6 is 11.3 Å². The van der Waals surface area contributed by atoms with Crippen molar-refractivity contribution in [3.63, 3.8) is 0 Å². The Bertz CT molecular complexity index is 478. The summed E-state index contributed by atoms with van der Waals surface area (Å²) in [7, 11) is 0. The smallest absolute Gasteiger partial charge is 0.196 e. The van der Waals surface area contributed by atoms with Crippen LogP contribution in [0.4, 0.5) is 13.2 Å². The molecule has 1 aromatic heterocycles. The SMILES string of the molecule is Cc1nc2c(F)c(F)c(F)cc2s1. The Morgan fingerprint density at radius 2 is 1.92 bits per heavy atom. The molecule has 2 rings (SSSR count). The summed E-state index contributed by atoms with van der Waals surface area (Å²) >= 11 is 1.13. The van der Waals surface area contributed by atoms with Gasteiger partial charge >= 0.3 is 0 Å². The second-order valence-corrected chi connectivity index (χ2v) is 3.80. The molecule has 5 heteroatoms. The van der Waals surface area contributed by atoms with E-state index in [0.717, 1.165) is 17.4 Å². The highest BCUT2D eigenvalue weighted by Gasteiger charge is 2.15. The zero-order valence-electron chi connectivity index (χ0n) is 6.57. The number of aryl methyl sites for hydroxylation is 1. The monoisotopic (exact) mass is 203 g/mol. The molecule has 0 aliphatic heterocycles. The average molecular weight is 203 g/mol. The normalized spacial score (nSPS) is 11.1. The molecule has 0 unspecified atom stereocenters. The van der Waals surface area contributed by atoms with Crippen LogP contribution in [0.2, 0.25) is 0 Å². The summed E-state index contributed by atoms with van der Waals surface area (Å²) in [6.07, 6.45) is 0. The van der Waals surface area contributed by atoms with Crippen LogP contribution in [0.1, 0.15) is 5.01 Å². The number of benzene rings is 1. The maximum atomic E-state index is 13.0. The third-order valence-electron chi connectivity index (χ3n) is 1.63. The van der Waals surface area contributed by atoms with Gasteiger partial charge in [0.15, 0.2) is 17.5 Å². The maximum Gasteiger partial charge on any atom is 0.196 e. The van der Waals surface area contributed by atoms with Crippen molar-refractivity contribution in [3.05, 3.63) is 28.5 Å². The Hall–Kier alpha value is -1.10. The Balaban J connectivity index is 2.92. The van der Waals surface area contributed by atoms with E-state index in [4.69, 9.17) is 0 Å². The van der Waals surface area contributed by atoms with E-state index in [0.29, 0.717) is 9.71 Å². The van der Waals surface area contributed by atoms with Crippen LogP contribution in [-0.4, -0.2) is 4.98 Å². The predicted molar refractivity (Wildman–Crippen MR) is 44.2 cm³/mol. The lowest BCUT2D eigenvalue weighted by Gasteiger charge is -1.94. The van der Waals surface area contributed by atoms with E-state index in [1.54, 1.807) is 6.92 Å². The Kier molecular flexibility index (Phi) is 1.76. The summed E-state index contributed by atoms with van der Waals surface area (Å²) in [4.78, 5) is 3.75. The molecule has 0 aliphatic carbocycles. The lowest BCUT2D eigenvalue weighted by Crippen LogP contribution is -1.90. The minimum Gasteiger partial charge on any atom is -0.238 e. The molecule has 0 saturated heterocycles. The van der Waals surface area contributed by atoms with Crippen molar-refractivity contribution in [2.24, 2.45) is 0 Å². The molecule has 0 bridgehead atoms. The highest BCUT2D eigenvalue weighted by molar-refractivity contribution is 7.18. The van der Waals surface area contributed by atoms with E-state index < -0.39 is 17.5 Å². The van der Waals surface area contributed by atoms with E-state index in [-0.39, 0.29) is 5.52 Å². The van der Waals surface area contributed by atoms with Gasteiger partial charge in [0.25, 0.3) is 0 Å². The summed E-state index contributed by atoms with van der Waals surface area (Å²) in [5.41, 5.74) is -0.0959. The van der Waals surface area contributed by atoms with Gasteiger partial charge in [0.2, 0.25) is 0 Å². The molecule has 0 amide bonds. The van der Waals surface area contributed by atoms with Crippen molar-refractivity contribution < 1.29 is 13.2 Å². The molecular formula is C8H4F3NS. The van der Waals surface area contributed by atoms with Gasteiger partial charge in [0.05, 0.1) is 9.71 Å². The molecule has 0 N–H and O–H groups in total. The quantitative estimate of drug-likeness (QED) is 0.600. The van der Waals surface area contributed by atoms with Crippen LogP contribution in [0.5, 0.6) is 0 Å². The largest absolute Gasteiger partial charge is 0.238 e. The molecule has 0 fully saturated rings. The number of nitrogens with zero attached hydrogens (tertiary/aromatic N) is 1. The molecule has 0 atom stereocenters. The van der Waals surface area contributed by atoms with E-state index in [9.17, 15) is 13.2 Å². The Labute approximate surface area is 75.8 Å². The standard InChI is InChI=1S/C8H4F3NS/c1-3-12-8-5(13-3)2-4(9)6(10)7(8)11/h2H,1H3. The third-order valence-corrected chi connectivity index (χ3v) is 2.55. The van der Waals surface area contributed by atoms with Crippen molar-refractivity contribution >= 4 is 21.6 Å². The summed E-state index contributed by atoms with van der Waals surface area (Å²) in [5.74, 6) is -3.84. The fourth-order valence-corrected chi connectivity index (χ4v) is 1.93. The third kappa shape index (κ3) is 1.19. The molecule has 1 heterocycles. The molecule has 0 radical (unpaired) electrons. The first-order valence-electron chi connectivity index (χ1n) is 3.50. The molecule has 0 spiro atoms. The molecule has 0 saturated carbocycles. The Morgan fingerprint density at radius 3 is 2.62 bits per heavy atom. The maximum absolute atomic E-state index is 13.0. The van der Waals surface area contributed by atoms with Gasteiger partial charge in [0.1, 0.15) is 5.52 Å². The van der Waals surface area contributed by atoms with Gasteiger partial charge in [-0.25, -0.2) is 18.2 Å². The van der Waals surface area contributed by atoms with E-state index in [2.05, 4.69) is 4.98 Å². The van der Waals surface area contributed by atoms with Crippen molar-refractivity contribution in [2.45, 2.75) is 6.92 Å². The molecule has 68 valence electrons. The first kappa shape index (κ1) is 8.50. The first-order valence-corrected chi connectivity index (χ1v) is 4.32. The van der Waals surface area contributed by atoms with Crippen molar-refractivity contribution in [1.82, 2.24) is 4.98 Å². The number of hydrogen-bond donors (Lipinski definition) is 0. The second-order valence-electron chi connectivity index (χ2n) is 2.57. The fourth-order valence-electron chi connectivity index (χ4n) is 1.09. The molecule has 13 heavy (non-hydrogen) atoms. The van der Waals surface area contributed by atoms with Crippen molar-refractivity contribution in [2.75, 3.05) is 0 Å². The van der Waals surface area contributed by atoms with Gasteiger partial charge in [-0.3, -0.25) is 0 Å². The van der Waals surface area contributed by atoms with Gasteiger partial charge in [-0.05, 0) is 13.0 Å². The zero-order chi connectivity index (χ0) is 9.59. The van der Waals surface area contributed by atoms with E-state index in [1.807, 2.05) is 0 Å². The molecular weight excluding hydrogens is 199 g/mol. The van der Waals surface area contributed by atoms with Crippen LogP contribution < -0.4 is 0 Å². The topological polar surface area (TPSA) is 12.9 Å². The minimum absolute atomic E-state index is 0.0959. The summed E-state index contributed by atoms with van der Waals surface area (Å²) in [6.45, 7) is 1.65. The first-order chi connectivity index (χ1) is 6.09. The lowest BCUT2D eigenvalue weighted by atomic mass is 10.3. The lowest BCUT2D eigenvalue weighted by molar-refractivity contribution is 0.453. The van der Waals surface area contributed by atoms with Gasteiger partial charge < -0.3 is 0 Å². The predicted octanol–water partition coefficient (Wildman–Crippen LogP) is 3.02. The van der Waals surface area contributed by atoms with Crippen LogP contribution in [0, 0.1) is 24.4 Å². The summed E-state index contributed by atoms with van der Waals surface area (Å²) in [5, 5.41) is 0.582. The average Bonchev–Trinajstić information content (AvgIpc) is 2.42. The highest BCUT2D eigenvalue weighted by atomic mass is 32.1. The molecule has 0 aliphatic rings. The van der Waals surface area contributed by atoms with Gasteiger partial charge in [-0.2, -0.15) is 0 Å². The van der Waals surface area contributed by atoms with Crippen LogP contribution in [-0.2, 0) is 0 Å². The number of fused-ring (bicyclic) bond motifs is 1. The van der Waals surface area contributed by atoms with Crippen LogP contribution in [0.15, 0.2) is 6.07 Å². The highest BCUT2D eigenvalue weighted by Crippen LogP contribution is 2.26. The fraction of sp³-hybridized carbons (Fsp3) is 0.125. The van der Waals surface area contributed by atoms with E-state index in [1.165, 1.54) is 0 Å². The van der Waals surface area contributed by atoms with E-state index >= 15 is 0 Å². The Morgan fingerprint density at radius 1 is 1.23 bits per heavy atom. The van der Waals surface area contributed by atoms with Crippen LogP contribution in [0.3, 0.4) is 0 Å². The molecule has 1 nitrogen and oxygen atoms in total. The second kappa shape index (κ2) is 2.70. The number of rotatable bonds is 0. The minimum atomic E-state index is -1.46. The molecule has 1 aromatic carbocycles. The van der Waals surface area contributed by atoms with Gasteiger partial charge in [-0.1, -0.05) is 0 Å². The number of thiazole rings is 1. The summed E-state index contributed by atoms with van der Waals surface area (Å²) < 4.78 is 38.7. The van der Waals surface area contributed by atoms with Gasteiger partial charge in [-0.15, -0.1) is 11.3 Å². The zero-order valence-corrected chi connectivity index (χ0v) is 7.38. The van der Waals surface area contributed by atoms with Crippen molar-refractivity contribution in [3.8, 4) is 0 Å². The van der Waals surface area contributed by atoms with Gasteiger partial charge in [0, 0.05) is 0 Å². The van der Waals surface area contributed by atoms with Crippen LogP contribution in [0.25, 0.3) is 10.2 Å². The molecule has 2 aromatic rings. The number of hydrogen-bond acceptors (Lipinski definition) is 2. The van der Waals surface area contributed by atoms with Crippen molar-refractivity contribution in [1.29, 1.82) is 0 Å².